The van der Waals surface area contributed by atoms with Gasteiger partial charge in [0.05, 0.1) is 12.1 Å². The van der Waals surface area contributed by atoms with Crippen LogP contribution in [-0.4, -0.2) is 53.4 Å². The zero-order valence-electron chi connectivity index (χ0n) is 9.97. The van der Waals surface area contributed by atoms with Crippen molar-refractivity contribution in [2.45, 2.75) is 0 Å². The molecule has 1 saturated heterocycles. The van der Waals surface area contributed by atoms with E-state index in [9.17, 15) is 4.79 Å². The van der Waals surface area contributed by atoms with Crippen molar-refractivity contribution in [3.05, 3.63) is 28.5 Å². The zero-order valence-corrected chi connectivity index (χ0v) is 11.6. The van der Waals surface area contributed by atoms with Gasteiger partial charge in [-0.15, -0.1) is 6.42 Å². The first-order valence-electron chi connectivity index (χ1n) is 5.77. The summed E-state index contributed by atoms with van der Waals surface area (Å²) in [5.41, 5.74) is 0.628. The van der Waals surface area contributed by atoms with Crippen molar-refractivity contribution in [3.63, 3.8) is 0 Å². The summed E-state index contributed by atoms with van der Waals surface area (Å²) in [5.74, 6) is 2.66. The highest BCUT2D eigenvalue weighted by Gasteiger charge is 2.21. The van der Waals surface area contributed by atoms with Crippen LogP contribution in [0.2, 0.25) is 0 Å². The van der Waals surface area contributed by atoms with Gasteiger partial charge >= 0.3 is 0 Å². The van der Waals surface area contributed by atoms with Gasteiger partial charge < -0.3 is 4.90 Å². The Morgan fingerprint density at radius 3 is 2.67 bits per heavy atom. The molecule has 1 aliphatic rings. The lowest BCUT2D eigenvalue weighted by Gasteiger charge is -2.33. The third-order valence-corrected chi connectivity index (χ3v) is 3.42. The molecule has 0 unspecified atom stereocenters. The van der Waals surface area contributed by atoms with Crippen molar-refractivity contribution in [2.24, 2.45) is 0 Å². The van der Waals surface area contributed by atoms with Gasteiger partial charge in [0.1, 0.15) is 4.60 Å². The Morgan fingerprint density at radius 1 is 1.39 bits per heavy atom. The van der Waals surface area contributed by atoms with E-state index in [1.54, 1.807) is 18.3 Å². The van der Waals surface area contributed by atoms with Gasteiger partial charge in [-0.05, 0) is 28.1 Å². The number of hydrogen-bond donors (Lipinski definition) is 0. The van der Waals surface area contributed by atoms with Crippen molar-refractivity contribution in [1.82, 2.24) is 14.8 Å². The number of carbonyl (C=O) groups excluding carboxylic acids is 1. The molecule has 94 valence electrons. The summed E-state index contributed by atoms with van der Waals surface area (Å²) in [7, 11) is 0. The van der Waals surface area contributed by atoms with Crippen LogP contribution >= 0.6 is 15.9 Å². The number of aromatic nitrogens is 1. The summed E-state index contributed by atoms with van der Waals surface area (Å²) in [4.78, 5) is 20.3. The van der Waals surface area contributed by atoms with Crippen molar-refractivity contribution in [2.75, 3.05) is 32.7 Å². The Kier molecular flexibility index (Phi) is 4.34. The molecule has 2 heterocycles. The van der Waals surface area contributed by atoms with Gasteiger partial charge in [-0.1, -0.05) is 5.92 Å². The van der Waals surface area contributed by atoms with E-state index in [2.05, 4.69) is 31.7 Å². The van der Waals surface area contributed by atoms with Crippen LogP contribution < -0.4 is 0 Å². The largest absolute Gasteiger partial charge is 0.336 e. The van der Waals surface area contributed by atoms with Crippen LogP contribution in [0.15, 0.2) is 22.9 Å². The van der Waals surface area contributed by atoms with Gasteiger partial charge in [0, 0.05) is 32.4 Å². The predicted molar refractivity (Wildman–Crippen MR) is 73.1 cm³/mol. The zero-order chi connectivity index (χ0) is 13.0. The first-order chi connectivity index (χ1) is 8.70. The van der Waals surface area contributed by atoms with Crippen LogP contribution in [0.25, 0.3) is 0 Å². The van der Waals surface area contributed by atoms with E-state index >= 15 is 0 Å². The molecule has 18 heavy (non-hydrogen) atoms. The van der Waals surface area contributed by atoms with Crippen LogP contribution in [0.5, 0.6) is 0 Å². The molecular weight excluding hydrogens is 294 g/mol. The molecule has 1 aromatic rings. The summed E-state index contributed by atoms with van der Waals surface area (Å²) < 4.78 is 0.734. The Morgan fingerprint density at radius 2 is 2.11 bits per heavy atom. The quantitative estimate of drug-likeness (QED) is 0.609. The van der Waals surface area contributed by atoms with Crippen LogP contribution in [-0.2, 0) is 0 Å². The third kappa shape index (κ3) is 3.09. The molecule has 0 N–H and O–H groups in total. The van der Waals surface area contributed by atoms with E-state index in [1.807, 2.05) is 4.90 Å². The normalized spacial score (nSPS) is 16.3. The molecular formula is C13H14BrN3O. The lowest BCUT2D eigenvalue weighted by molar-refractivity contribution is 0.0651. The molecule has 0 radical (unpaired) electrons. The first-order valence-corrected chi connectivity index (χ1v) is 6.56. The van der Waals surface area contributed by atoms with Crippen LogP contribution in [0.4, 0.5) is 0 Å². The third-order valence-electron chi connectivity index (χ3n) is 2.95. The molecule has 0 bridgehead atoms. The van der Waals surface area contributed by atoms with Crippen LogP contribution in [0.3, 0.4) is 0 Å². The van der Waals surface area contributed by atoms with E-state index in [4.69, 9.17) is 6.42 Å². The number of carbonyl (C=O) groups is 1. The topological polar surface area (TPSA) is 36.4 Å². The van der Waals surface area contributed by atoms with Crippen LogP contribution in [0.1, 0.15) is 10.4 Å². The molecule has 0 saturated carbocycles. The molecule has 4 nitrogen and oxygen atoms in total. The second-order valence-electron chi connectivity index (χ2n) is 4.14. The summed E-state index contributed by atoms with van der Waals surface area (Å²) in [5, 5.41) is 0. The predicted octanol–water partition coefficient (Wildman–Crippen LogP) is 1.24. The van der Waals surface area contributed by atoms with Crippen molar-refractivity contribution < 1.29 is 4.79 Å². The van der Waals surface area contributed by atoms with Crippen molar-refractivity contribution in [1.29, 1.82) is 0 Å². The number of hydrogen-bond acceptors (Lipinski definition) is 3. The molecule has 1 amide bonds. The smallest absolute Gasteiger partial charge is 0.255 e. The Hall–Kier alpha value is -1.38. The minimum atomic E-state index is 0.0374. The van der Waals surface area contributed by atoms with E-state index in [0.29, 0.717) is 12.1 Å². The molecule has 5 heteroatoms. The molecule has 1 fully saturated rings. The number of pyridine rings is 1. The number of amides is 1. The second-order valence-corrected chi connectivity index (χ2v) is 4.95. The van der Waals surface area contributed by atoms with E-state index in [1.165, 1.54) is 0 Å². The van der Waals surface area contributed by atoms with Crippen molar-refractivity contribution >= 4 is 21.8 Å². The fourth-order valence-electron chi connectivity index (χ4n) is 1.92. The maximum absolute atomic E-state index is 12.2. The van der Waals surface area contributed by atoms with Gasteiger partial charge in [0.2, 0.25) is 0 Å². The lowest BCUT2D eigenvalue weighted by atomic mass is 10.2. The average molecular weight is 308 g/mol. The molecule has 1 aromatic heterocycles. The highest BCUT2D eigenvalue weighted by Crippen LogP contribution is 2.10. The highest BCUT2D eigenvalue weighted by atomic mass is 79.9. The van der Waals surface area contributed by atoms with E-state index < -0.39 is 0 Å². The Balaban J connectivity index is 1.95. The standard InChI is InChI=1S/C13H14BrN3O/c1-2-5-16-6-8-17(9-7-16)13(18)11-3-4-12(14)15-10-11/h1,3-4,10H,5-9H2. The SMILES string of the molecule is C#CCN1CCN(C(=O)c2ccc(Br)nc2)CC1. The molecule has 0 spiro atoms. The monoisotopic (exact) mass is 307 g/mol. The van der Waals surface area contributed by atoms with Gasteiger partial charge in [-0.3, -0.25) is 9.69 Å². The van der Waals surface area contributed by atoms with Crippen LogP contribution in [0, 0.1) is 12.3 Å². The Labute approximate surface area is 115 Å². The molecule has 0 aliphatic carbocycles. The lowest BCUT2D eigenvalue weighted by Crippen LogP contribution is -2.48. The number of terminal acetylenes is 1. The van der Waals surface area contributed by atoms with Gasteiger partial charge in [-0.25, -0.2) is 4.98 Å². The minimum absolute atomic E-state index is 0.0374. The first kappa shape index (κ1) is 13.1. The minimum Gasteiger partial charge on any atom is -0.336 e. The molecule has 0 atom stereocenters. The number of piperazine rings is 1. The number of rotatable bonds is 2. The Bertz CT molecular complexity index is 458. The summed E-state index contributed by atoms with van der Waals surface area (Å²) in [6, 6.07) is 3.56. The summed E-state index contributed by atoms with van der Waals surface area (Å²) in [6.45, 7) is 3.76. The molecule has 1 aliphatic heterocycles. The van der Waals surface area contributed by atoms with Gasteiger partial charge in [0.15, 0.2) is 0 Å². The van der Waals surface area contributed by atoms with Gasteiger partial charge in [0.25, 0.3) is 5.91 Å². The maximum Gasteiger partial charge on any atom is 0.255 e. The molecule has 0 aromatic carbocycles. The number of halogens is 1. The fraction of sp³-hybridized carbons (Fsp3) is 0.385. The summed E-state index contributed by atoms with van der Waals surface area (Å²) >= 11 is 3.25. The fourth-order valence-corrected chi connectivity index (χ4v) is 2.16. The van der Waals surface area contributed by atoms with Crippen molar-refractivity contribution in [3.8, 4) is 12.3 Å². The second kappa shape index (κ2) is 5.98. The average Bonchev–Trinajstić information content (AvgIpc) is 2.40. The van der Waals surface area contributed by atoms with E-state index in [-0.39, 0.29) is 5.91 Å². The van der Waals surface area contributed by atoms with Gasteiger partial charge in [-0.2, -0.15) is 0 Å². The summed E-state index contributed by atoms with van der Waals surface area (Å²) in [6.07, 6.45) is 6.87. The maximum atomic E-state index is 12.2. The number of nitrogens with zero attached hydrogens (tertiary/aromatic N) is 3. The highest BCUT2D eigenvalue weighted by molar-refractivity contribution is 9.10. The van der Waals surface area contributed by atoms with E-state index in [0.717, 1.165) is 30.8 Å². The molecule has 2 rings (SSSR count).